The van der Waals surface area contributed by atoms with Crippen molar-refractivity contribution in [3.8, 4) is 0 Å². The third kappa shape index (κ3) is 9.52. The van der Waals surface area contributed by atoms with Crippen molar-refractivity contribution in [2.24, 2.45) is 11.0 Å². The van der Waals surface area contributed by atoms with Gasteiger partial charge in [0.25, 0.3) is 0 Å². The summed E-state index contributed by atoms with van der Waals surface area (Å²) in [6.07, 6.45) is -0.609. The van der Waals surface area contributed by atoms with Crippen LogP contribution >= 0.6 is 0 Å². The second-order valence-corrected chi connectivity index (χ2v) is 5.95. The summed E-state index contributed by atoms with van der Waals surface area (Å²) in [5.74, 6) is -1.90. The molecule has 0 aromatic carbocycles. The Morgan fingerprint density at radius 1 is 1.29 bits per heavy atom. The van der Waals surface area contributed by atoms with Gasteiger partial charge in [-0.2, -0.15) is 0 Å². The van der Waals surface area contributed by atoms with Crippen LogP contribution in [0, 0.1) is 5.92 Å². The van der Waals surface area contributed by atoms with Crippen LogP contribution in [-0.2, 0) is 23.8 Å². The first-order valence-electron chi connectivity index (χ1n) is 7.32. The molecular weight excluding hydrogens is 320 g/mol. The van der Waals surface area contributed by atoms with Crippen LogP contribution in [0.4, 0.5) is 4.79 Å². The van der Waals surface area contributed by atoms with E-state index in [2.05, 4.69) is 20.1 Å². The van der Waals surface area contributed by atoms with Crippen molar-refractivity contribution in [2.45, 2.75) is 45.8 Å². The summed E-state index contributed by atoms with van der Waals surface area (Å²) >= 11 is 0. The highest BCUT2D eigenvalue weighted by atomic mass is 16.6. The molecule has 0 aliphatic carbocycles. The molecule has 10 heteroatoms. The predicted octanol–water partition coefficient (Wildman–Crippen LogP) is 1.93. The molecule has 0 bridgehead atoms. The molecular formula is C14H24N4O6. The maximum Gasteiger partial charge on any atom is 0.408 e. The van der Waals surface area contributed by atoms with Crippen LogP contribution in [0.1, 0.15) is 34.1 Å². The van der Waals surface area contributed by atoms with Gasteiger partial charge in [0.05, 0.1) is 13.7 Å². The first kappa shape index (κ1) is 21.5. The molecule has 2 atom stereocenters. The van der Waals surface area contributed by atoms with Crippen LogP contribution in [0.5, 0.6) is 0 Å². The molecule has 0 aliphatic rings. The molecule has 0 heterocycles. The van der Waals surface area contributed by atoms with E-state index in [0.29, 0.717) is 0 Å². The summed E-state index contributed by atoms with van der Waals surface area (Å²) in [7, 11) is 1.17. The number of nitrogens with zero attached hydrogens (tertiary/aromatic N) is 3. The number of carbonyl (C=O) groups is 3. The van der Waals surface area contributed by atoms with Gasteiger partial charge in [0.15, 0.2) is 0 Å². The number of rotatable bonds is 8. The molecule has 10 nitrogen and oxygen atoms in total. The Morgan fingerprint density at radius 3 is 2.38 bits per heavy atom. The molecule has 0 unspecified atom stereocenters. The van der Waals surface area contributed by atoms with E-state index < -0.39 is 35.6 Å². The average molecular weight is 344 g/mol. The molecule has 1 amide bonds. The highest BCUT2D eigenvalue weighted by Gasteiger charge is 2.33. The summed E-state index contributed by atoms with van der Waals surface area (Å²) in [4.78, 5) is 37.6. The van der Waals surface area contributed by atoms with Crippen LogP contribution in [-0.4, -0.2) is 49.9 Å². The maximum atomic E-state index is 12.0. The van der Waals surface area contributed by atoms with Crippen molar-refractivity contribution >= 4 is 18.0 Å². The minimum absolute atomic E-state index is 0.0614. The number of alkyl carbamates (subject to hydrolysis) is 1. The summed E-state index contributed by atoms with van der Waals surface area (Å²) in [5.41, 5.74) is 7.61. The van der Waals surface area contributed by atoms with Gasteiger partial charge in [-0.1, -0.05) is 5.11 Å². The van der Waals surface area contributed by atoms with Gasteiger partial charge < -0.3 is 19.5 Å². The van der Waals surface area contributed by atoms with Crippen molar-refractivity contribution < 1.29 is 28.6 Å². The SMILES string of the molecule is COC(=O)[C@@H](NC(=O)OC(C)(C)C)[C@@H](CCN=[N+]=[N-])COC(C)=O. The standard InChI is InChI=1S/C14H24N4O6/c1-9(19)23-8-10(6-7-16-18-15)11(12(20)22-5)17-13(21)24-14(2,3)4/h10-11H,6-8H2,1-5H3,(H,17,21)/t10-,11-/m0/s1. The molecule has 0 aliphatic heterocycles. The number of hydrogen-bond donors (Lipinski definition) is 1. The third-order valence-corrected chi connectivity index (χ3v) is 2.76. The van der Waals surface area contributed by atoms with Gasteiger partial charge in [0.2, 0.25) is 0 Å². The second kappa shape index (κ2) is 10.3. The van der Waals surface area contributed by atoms with E-state index in [1.807, 2.05) is 0 Å². The largest absolute Gasteiger partial charge is 0.467 e. The zero-order valence-corrected chi connectivity index (χ0v) is 14.6. The average Bonchev–Trinajstić information content (AvgIpc) is 2.46. The van der Waals surface area contributed by atoms with Crippen LogP contribution in [0.2, 0.25) is 0 Å². The fourth-order valence-corrected chi connectivity index (χ4v) is 1.77. The van der Waals surface area contributed by atoms with Gasteiger partial charge in [-0.3, -0.25) is 4.79 Å². The third-order valence-electron chi connectivity index (χ3n) is 2.76. The Bertz CT molecular complexity index is 490. The molecule has 0 saturated carbocycles. The number of carbonyl (C=O) groups excluding carboxylic acids is 3. The number of azide groups is 1. The maximum absolute atomic E-state index is 12.0. The minimum atomic E-state index is -1.11. The summed E-state index contributed by atoms with van der Waals surface area (Å²) in [6.45, 7) is 6.17. The molecule has 0 radical (unpaired) electrons. The number of esters is 2. The normalized spacial score (nSPS) is 13.0. The van der Waals surface area contributed by atoms with Crippen molar-refractivity contribution in [1.82, 2.24) is 5.32 Å². The van der Waals surface area contributed by atoms with Gasteiger partial charge in [0, 0.05) is 24.3 Å². The van der Waals surface area contributed by atoms with Gasteiger partial charge in [0.1, 0.15) is 11.6 Å². The lowest BCUT2D eigenvalue weighted by Crippen LogP contribution is -2.49. The van der Waals surface area contributed by atoms with Crippen LogP contribution in [0.3, 0.4) is 0 Å². The molecule has 0 saturated heterocycles. The van der Waals surface area contributed by atoms with Gasteiger partial charge in [-0.25, -0.2) is 9.59 Å². The topological polar surface area (TPSA) is 140 Å². The zero-order chi connectivity index (χ0) is 18.8. The first-order valence-corrected chi connectivity index (χ1v) is 7.32. The monoisotopic (exact) mass is 344 g/mol. The number of amides is 1. The Balaban J connectivity index is 5.18. The van der Waals surface area contributed by atoms with Crippen molar-refractivity contribution in [1.29, 1.82) is 0 Å². The fraction of sp³-hybridized carbons (Fsp3) is 0.786. The molecule has 24 heavy (non-hydrogen) atoms. The molecule has 0 spiro atoms. The zero-order valence-electron chi connectivity index (χ0n) is 14.6. The number of nitrogens with one attached hydrogen (secondary N) is 1. The molecule has 0 aromatic rings. The fourth-order valence-electron chi connectivity index (χ4n) is 1.77. The Labute approximate surface area is 140 Å². The van der Waals surface area contributed by atoms with E-state index >= 15 is 0 Å². The highest BCUT2D eigenvalue weighted by Crippen LogP contribution is 2.14. The number of ether oxygens (including phenoxy) is 3. The van der Waals surface area contributed by atoms with E-state index in [1.54, 1.807) is 20.8 Å². The minimum Gasteiger partial charge on any atom is -0.467 e. The summed E-state index contributed by atoms with van der Waals surface area (Å²) in [6, 6.07) is -1.11. The highest BCUT2D eigenvalue weighted by molar-refractivity contribution is 5.81. The smallest absolute Gasteiger partial charge is 0.408 e. The lowest BCUT2D eigenvalue weighted by atomic mass is 9.97. The molecule has 136 valence electrons. The molecule has 0 fully saturated rings. The number of methoxy groups -OCH3 is 1. The van der Waals surface area contributed by atoms with E-state index in [1.165, 1.54) is 14.0 Å². The van der Waals surface area contributed by atoms with Crippen molar-refractivity contribution in [3.63, 3.8) is 0 Å². The quantitative estimate of drug-likeness (QED) is 0.234. The Morgan fingerprint density at radius 2 is 1.92 bits per heavy atom. The predicted molar refractivity (Wildman–Crippen MR) is 83.9 cm³/mol. The lowest BCUT2D eigenvalue weighted by molar-refractivity contribution is -0.149. The van der Waals surface area contributed by atoms with Crippen LogP contribution in [0.25, 0.3) is 10.4 Å². The van der Waals surface area contributed by atoms with E-state index in [9.17, 15) is 14.4 Å². The Hall–Kier alpha value is -2.48. The Kier molecular flexibility index (Phi) is 9.26. The van der Waals surface area contributed by atoms with E-state index in [-0.39, 0.29) is 19.6 Å². The number of hydrogen-bond acceptors (Lipinski definition) is 7. The van der Waals surface area contributed by atoms with Gasteiger partial charge >= 0.3 is 18.0 Å². The molecule has 0 rings (SSSR count). The van der Waals surface area contributed by atoms with Gasteiger partial charge in [-0.15, -0.1) is 0 Å². The lowest BCUT2D eigenvalue weighted by Gasteiger charge is -2.27. The summed E-state index contributed by atoms with van der Waals surface area (Å²) < 4.78 is 14.7. The van der Waals surface area contributed by atoms with E-state index in [4.69, 9.17) is 15.0 Å². The van der Waals surface area contributed by atoms with Crippen LogP contribution in [0.15, 0.2) is 5.11 Å². The van der Waals surface area contributed by atoms with Crippen molar-refractivity contribution in [3.05, 3.63) is 10.4 Å². The molecule has 0 aromatic heterocycles. The van der Waals surface area contributed by atoms with Gasteiger partial charge in [-0.05, 0) is 32.7 Å². The van der Waals surface area contributed by atoms with Crippen molar-refractivity contribution in [2.75, 3.05) is 20.3 Å². The second-order valence-electron chi connectivity index (χ2n) is 5.95. The molecule has 1 N–H and O–H groups in total. The van der Waals surface area contributed by atoms with E-state index in [0.717, 1.165) is 0 Å². The van der Waals surface area contributed by atoms with Crippen LogP contribution < -0.4 is 5.32 Å². The summed E-state index contributed by atoms with van der Waals surface area (Å²) in [5, 5.41) is 5.80. The first-order chi connectivity index (χ1) is 11.1.